The van der Waals surface area contributed by atoms with Crippen LogP contribution >= 0.6 is 0 Å². The topological polar surface area (TPSA) is 407 Å². The molecule has 16 bridgehead atoms. The van der Waals surface area contributed by atoms with E-state index in [1.165, 1.54) is 164 Å². The summed E-state index contributed by atoms with van der Waals surface area (Å²) in [4.78, 5) is 13.7. The Balaban J connectivity index is 1.15. The molecule has 42 nitrogen and oxygen atoms in total. The summed E-state index contributed by atoms with van der Waals surface area (Å²) in [6, 6.07) is 0. The number of hydrogen-bond acceptors (Lipinski definition) is 42. The summed E-state index contributed by atoms with van der Waals surface area (Å²) in [5.74, 6) is -3.16. The van der Waals surface area contributed by atoms with Crippen molar-refractivity contribution >= 4 is 5.97 Å². The molecular weight excluding hydrogens is 1550 g/mol. The Kier molecular flexibility index (Phi) is 39.1. The summed E-state index contributed by atoms with van der Waals surface area (Å²) in [5, 5.41) is 11.5. The van der Waals surface area contributed by atoms with Crippen LogP contribution in [0.25, 0.3) is 0 Å². The smallest absolute Gasteiger partial charge is 0.305 e. The Bertz CT molecular complexity index is 2750. The minimum Gasteiger partial charge on any atom is -0.427 e. The molecule has 40 atom stereocenters. The number of methoxy groups -OCH3 is 23. The van der Waals surface area contributed by atoms with Crippen LogP contribution in [0, 0.1) is 0 Å². The van der Waals surface area contributed by atoms with E-state index < -0.39 is 265 Å². The minimum atomic E-state index is -2.30. The molecule has 0 saturated carbocycles. The van der Waals surface area contributed by atoms with Gasteiger partial charge in [-0.1, -0.05) is 0 Å². The number of rotatable bonds is 32. The van der Waals surface area contributed by atoms with Crippen molar-refractivity contribution < 1.29 is 199 Å². The molecule has 672 valence electrons. The molecule has 30 saturated heterocycles. The van der Waals surface area contributed by atoms with Gasteiger partial charge in [-0.15, -0.1) is 0 Å². The molecule has 0 aliphatic carbocycles. The lowest BCUT2D eigenvalue weighted by molar-refractivity contribution is -0.444. The lowest BCUT2D eigenvalue weighted by Crippen LogP contribution is -2.73. The molecule has 0 radical (unpaired) electrons. The van der Waals surface area contributed by atoms with E-state index in [9.17, 15) is 9.90 Å². The fraction of sp³-hybridized carbons (Fsp3) is 0.986. The highest BCUT2D eigenvalue weighted by atomic mass is 16.9. The normalized spacial score (nSPS) is 45.8. The van der Waals surface area contributed by atoms with Gasteiger partial charge in [0.05, 0.1) is 46.2 Å². The van der Waals surface area contributed by atoms with E-state index in [2.05, 4.69) is 0 Å². The molecule has 0 spiro atoms. The first kappa shape index (κ1) is 96.7. The average Bonchev–Trinajstić information content (AvgIpc) is 0.739. The molecule has 1 N–H and O–H groups in total. The standard InChI is InChI=1S/C73H128O42/c1-33(75)114-73(32-82-8)64-55(90-16)63(98-24)72(115-73)112-41-34(25-74)99-65(56(91-17)48(41)83-9)106-42-35(26-76-2)100-66(57(92-18)49(42)84-10)107-43-36(27-77-3)101-67(58(93-19)50(43)85-11)108-44-37(28-78-4)102-68(59(94-20)51(44)86-12)109-45-38(29-79-5)103-69(60(95-21)52(45)87-13)110-46-39(30-80-6)104-70(61(96-22)53(46)88-14)111-47-40(31-81-7)105-71(113-64)62(97-23)54(47)89-15/h34-72,74H,25-32H2,1-24H3/t34-,35-,36-,37-,38-,39-,40-,41-,42-,43-,44-,45-,46-,47-,48+,49+,50+,51+,52+,53+,54+,55-,56-,57-,58-,59-,60-,61-,62-,63-,64+,65-,66-,67-,68-,69-,70-,71-,72+,73-/m1/s1. The van der Waals surface area contributed by atoms with Crippen molar-refractivity contribution in [1.82, 2.24) is 0 Å². The zero-order valence-electron chi connectivity index (χ0n) is 70.4. The van der Waals surface area contributed by atoms with E-state index in [0.29, 0.717) is 0 Å². The molecule has 0 aromatic heterocycles. The number of ether oxygens (including phenoxy) is 40. The molecule has 30 aliphatic rings. The molecule has 30 aliphatic heterocycles. The third-order valence-corrected chi connectivity index (χ3v) is 22.3. The van der Waals surface area contributed by atoms with Crippen LogP contribution in [0.1, 0.15) is 6.92 Å². The van der Waals surface area contributed by atoms with Gasteiger partial charge in [0.1, 0.15) is 190 Å². The SMILES string of the molecule is COC[C@H]1O[C@@H]2O[C@H]3[C@H](OC)[C@@H](OC)[C@@H](O[C@H]4[C@H](OC)[C@@H](OC)[C@@H](O[C@H]5[C@H](OC)[C@@H](OC)[C@@H](O[C@H]6[C@H](OC)[C@@H](OC)[C@@H](O[C@H]7[C@H](OC)[C@@H](OC)[C@@H](O[C@H]8[C@H](OC)[C@@H](OC)[C@@H](O[C@H]9[C@H](OC)[C@@H](OC)[C@@H](O[C@H]1[C@H](OC)[C@H]2OC)O[C@@H]9COC)O[C@@H]8COC)O[C@@H]7COC)O[C@@H]6COC)O[C@@H]5COC)O[C@@H]4CO)O[C@@]3(COC)OC(C)=O. The Morgan fingerprint density at radius 2 is 0.435 bits per heavy atom. The second kappa shape index (κ2) is 46.6. The van der Waals surface area contributed by atoms with Crippen LogP contribution in [0.5, 0.6) is 0 Å². The van der Waals surface area contributed by atoms with E-state index in [4.69, 9.17) is 189 Å². The van der Waals surface area contributed by atoms with Gasteiger partial charge in [0.2, 0.25) is 0 Å². The predicted molar refractivity (Wildman–Crippen MR) is 382 cm³/mol. The molecule has 30 rings (SSSR count). The Morgan fingerprint density at radius 3 is 0.626 bits per heavy atom. The molecule has 0 amide bonds. The van der Waals surface area contributed by atoms with Crippen LogP contribution in [0.4, 0.5) is 0 Å². The van der Waals surface area contributed by atoms with E-state index in [1.807, 2.05) is 0 Å². The van der Waals surface area contributed by atoms with Crippen molar-refractivity contribution in [3.8, 4) is 0 Å². The fourth-order valence-electron chi connectivity index (χ4n) is 17.2. The van der Waals surface area contributed by atoms with Crippen LogP contribution in [0.2, 0.25) is 0 Å². The summed E-state index contributed by atoms with van der Waals surface area (Å²) in [7, 11) is 33.4. The highest BCUT2D eigenvalue weighted by Gasteiger charge is 2.66. The van der Waals surface area contributed by atoms with Crippen LogP contribution in [0.3, 0.4) is 0 Å². The van der Waals surface area contributed by atoms with Gasteiger partial charge in [0.25, 0.3) is 5.79 Å². The second-order valence-corrected chi connectivity index (χ2v) is 28.5. The van der Waals surface area contributed by atoms with Crippen molar-refractivity contribution in [2.24, 2.45) is 0 Å². The number of esters is 1. The maximum atomic E-state index is 13.7. The average molecular weight is 1680 g/mol. The predicted octanol–water partition coefficient (Wildman–Crippen LogP) is -2.47. The first-order valence-electron chi connectivity index (χ1n) is 38.0. The molecular formula is C73H128O42. The maximum Gasteiger partial charge on any atom is 0.305 e. The van der Waals surface area contributed by atoms with Gasteiger partial charge in [-0.2, -0.15) is 0 Å². The highest BCUT2D eigenvalue weighted by molar-refractivity contribution is 5.66. The molecule has 115 heavy (non-hydrogen) atoms. The summed E-state index contributed by atoms with van der Waals surface area (Å²) < 4.78 is 259. The van der Waals surface area contributed by atoms with Crippen LogP contribution < -0.4 is 0 Å². The van der Waals surface area contributed by atoms with Gasteiger partial charge in [0, 0.05) is 170 Å². The van der Waals surface area contributed by atoms with E-state index in [1.54, 1.807) is 0 Å². The number of aliphatic hydroxyl groups is 1. The molecule has 30 fully saturated rings. The first-order chi connectivity index (χ1) is 55.8. The van der Waals surface area contributed by atoms with Gasteiger partial charge in [0.15, 0.2) is 56.4 Å². The molecule has 30 heterocycles. The minimum absolute atomic E-state index is 0.0789. The second-order valence-electron chi connectivity index (χ2n) is 28.5. The van der Waals surface area contributed by atoms with Crippen molar-refractivity contribution in [3.63, 3.8) is 0 Å². The zero-order valence-corrected chi connectivity index (χ0v) is 70.4. The van der Waals surface area contributed by atoms with Gasteiger partial charge >= 0.3 is 5.97 Å². The summed E-state index contributed by atoms with van der Waals surface area (Å²) >= 11 is 0. The Labute approximate surface area is 671 Å². The van der Waals surface area contributed by atoms with Crippen molar-refractivity contribution in [2.45, 2.75) is 252 Å². The zero-order chi connectivity index (χ0) is 83.5. The van der Waals surface area contributed by atoms with Crippen LogP contribution in [-0.2, 0) is 194 Å². The van der Waals surface area contributed by atoms with Crippen LogP contribution in [-0.4, -0.2) is 473 Å². The summed E-state index contributed by atoms with van der Waals surface area (Å²) in [6.45, 7) is -0.743. The van der Waals surface area contributed by atoms with Crippen molar-refractivity contribution in [3.05, 3.63) is 0 Å². The van der Waals surface area contributed by atoms with Crippen molar-refractivity contribution in [2.75, 3.05) is 216 Å². The van der Waals surface area contributed by atoms with E-state index in [0.717, 1.165) is 6.92 Å². The molecule has 0 unspecified atom stereocenters. The molecule has 0 aromatic rings. The lowest BCUT2D eigenvalue weighted by atomic mass is 9.93. The van der Waals surface area contributed by atoms with E-state index >= 15 is 0 Å². The Hall–Kier alpha value is -2.13. The number of carbonyl (C=O) groups is 1. The monoisotopic (exact) mass is 1680 g/mol. The van der Waals surface area contributed by atoms with Crippen LogP contribution in [0.15, 0.2) is 0 Å². The fourth-order valence-corrected chi connectivity index (χ4v) is 17.2. The number of aliphatic hydroxyl groups excluding tert-OH is 1. The number of carbonyl (C=O) groups excluding carboxylic acids is 1. The summed E-state index contributed by atoms with van der Waals surface area (Å²) in [6.07, 6.45) is -45.9. The summed E-state index contributed by atoms with van der Waals surface area (Å²) in [5.41, 5.74) is 0. The molecule has 0 aromatic carbocycles. The quantitative estimate of drug-likeness (QED) is 0.0682. The van der Waals surface area contributed by atoms with Gasteiger partial charge < -0.3 is 195 Å². The third-order valence-electron chi connectivity index (χ3n) is 22.3. The maximum absolute atomic E-state index is 13.7. The third kappa shape index (κ3) is 21.0. The molecule has 42 heteroatoms. The highest BCUT2D eigenvalue weighted by Crippen LogP contribution is 2.46. The van der Waals surface area contributed by atoms with Gasteiger partial charge in [-0.05, 0) is 0 Å². The largest absolute Gasteiger partial charge is 0.427 e. The van der Waals surface area contributed by atoms with Crippen molar-refractivity contribution in [1.29, 1.82) is 0 Å². The first-order valence-corrected chi connectivity index (χ1v) is 38.0. The number of hydrogen-bond donors (Lipinski definition) is 1. The van der Waals surface area contributed by atoms with Gasteiger partial charge in [-0.25, -0.2) is 0 Å². The van der Waals surface area contributed by atoms with Gasteiger partial charge in [-0.3, -0.25) is 4.79 Å². The lowest BCUT2D eigenvalue weighted by Gasteiger charge is -2.54. The Morgan fingerprint density at radius 1 is 0.243 bits per heavy atom. The van der Waals surface area contributed by atoms with E-state index in [-0.39, 0.29) is 39.6 Å².